The van der Waals surface area contributed by atoms with Gasteiger partial charge in [0.15, 0.2) is 5.82 Å². The predicted molar refractivity (Wildman–Crippen MR) is 73.0 cm³/mol. The molecule has 7 nitrogen and oxygen atoms in total. The molecule has 0 aromatic carbocycles. The highest BCUT2D eigenvalue weighted by Crippen LogP contribution is 2.08. The van der Waals surface area contributed by atoms with Crippen molar-refractivity contribution in [3.63, 3.8) is 0 Å². The molecule has 0 saturated heterocycles. The Hall–Kier alpha value is -1.44. The number of hydrogen-bond acceptors (Lipinski definition) is 7. The van der Waals surface area contributed by atoms with E-state index < -0.39 is 0 Å². The van der Waals surface area contributed by atoms with Crippen LogP contribution in [0.15, 0.2) is 6.07 Å². The van der Waals surface area contributed by atoms with Gasteiger partial charge in [0, 0.05) is 33.4 Å². The molecule has 0 aliphatic carbocycles. The van der Waals surface area contributed by atoms with Gasteiger partial charge in [-0.1, -0.05) is 0 Å². The second-order valence-electron chi connectivity index (χ2n) is 3.91. The topological polar surface area (TPSA) is 91.5 Å². The summed E-state index contributed by atoms with van der Waals surface area (Å²) in [5.74, 6) is 1.71. The first-order valence-electron chi connectivity index (χ1n) is 6.19. The number of anilines is 2. The average molecular weight is 270 g/mol. The minimum Gasteiger partial charge on any atom is -0.384 e. The van der Waals surface area contributed by atoms with Gasteiger partial charge in [0.1, 0.15) is 18.2 Å². The zero-order chi connectivity index (χ0) is 13.9. The standard InChI is InChI=1S/C12H22N4O3/c1-17-6-7-19-5-3-4-14-11-8-10(13)15-12(16-11)9-18-2/h8H,3-7,9H2,1-2H3,(H3,13,14,15,16). The molecule has 0 amide bonds. The average Bonchev–Trinajstić information content (AvgIpc) is 2.37. The Morgan fingerprint density at radius 3 is 2.74 bits per heavy atom. The molecule has 19 heavy (non-hydrogen) atoms. The zero-order valence-corrected chi connectivity index (χ0v) is 11.5. The summed E-state index contributed by atoms with van der Waals surface area (Å²) in [6.45, 7) is 3.03. The molecule has 0 bridgehead atoms. The van der Waals surface area contributed by atoms with Gasteiger partial charge in [0.2, 0.25) is 0 Å². The van der Waals surface area contributed by atoms with Gasteiger partial charge in [0.05, 0.1) is 13.2 Å². The monoisotopic (exact) mass is 270 g/mol. The SMILES string of the molecule is COCCOCCCNc1cc(N)nc(COC)n1. The maximum atomic E-state index is 5.69. The van der Waals surface area contributed by atoms with Crippen molar-refractivity contribution >= 4 is 11.6 Å². The van der Waals surface area contributed by atoms with Gasteiger partial charge < -0.3 is 25.3 Å². The Labute approximate surface area is 113 Å². The highest BCUT2D eigenvalue weighted by atomic mass is 16.5. The third-order valence-electron chi connectivity index (χ3n) is 2.27. The van der Waals surface area contributed by atoms with E-state index in [-0.39, 0.29) is 0 Å². The van der Waals surface area contributed by atoms with Crippen LogP contribution in [0.2, 0.25) is 0 Å². The molecular formula is C12H22N4O3. The van der Waals surface area contributed by atoms with Crippen molar-refractivity contribution in [3.8, 4) is 0 Å². The van der Waals surface area contributed by atoms with Crippen LogP contribution in [-0.4, -0.2) is 50.6 Å². The van der Waals surface area contributed by atoms with Crippen molar-refractivity contribution < 1.29 is 14.2 Å². The van der Waals surface area contributed by atoms with Crippen LogP contribution < -0.4 is 11.1 Å². The van der Waals surface area contributed by atoms with E-state index in [1.54, 1.807) is 20.3 Å². The smallest absolute Gasteiger partial charge is 0.158 e. The molecule has 0 fully saturated rings. The van der Waals surface area contributed by atoms with Crippen molar-refractivity contribution in [2.45, 2.75) is 13.0 Å². The second-order valence-corrected chi connectivity index (χ2v) is 3.91. The van der Waals surface area contributed by atoms with E-state index in [0.29, 0.717) is 43.9 Å². The third kappa shape index (κ3) is 6.90. The number of nitrogen functional groups attached to an aromatic ring is 1. The van der Waals surface area contributed by atoms with Gasteiger partial charge >= 0.3 is 0 Å². The van der Waals surface area contributed by atoms with Gasteiger partial charge in [-0.25, -0.2) is 9.97 Å². The summed E-state index contributed by atoms with van der Waals surface area (Å²) >= 11 is 0. The fourth-order valence-electron chi connectivity index (χ4n) is 1.44. The molecule has 7 heteroatoms. The first-order chi connectivity index (χ1) is 9.26. The van der Waals surface area contributed by atoms with Gasteiger partial charge in [-0.3, -0.25) is 0 Å². The summed E-state index contributed by atoms with van der Waals surface area (Å²) in [7, 11) is 3.25. The minimum atomic E-state index is 0.347. The number of ether oxygens (including phenoxy) is 3. The third-order valence-corrected chi connectivity index (χ3v) is 2.27. The molecule has 0 radical (unpaired) electrons. The Bertz CT molecular complexity index is 363. The first-order valence-corrected chi connectivity index (χ1v) is 6.19. The molecule has 0 aliphatic rings. The molecule has 0 atom stereocenters. The molecule has 0 saturated carbocycles. The lowest BCUT2D eigenvalue weighted by Gasteiger charge is -2.08. The summed E-state index contributed by atoms with van der Waals surface area (Å²) < 4.78 is 15.2. The van der Waals surface area contributed by atoms with Crippen molar-refractivity contribution in [1.82, 2.24) is 9.97 Å². The maximum Gasteiger partial charge on any atom is 0.158 e. The van der Waals surface area contributed by atoms with E-state index in [1.165, 1.54) is 0 Å². The van der Waals surface area contributed by atoms with Gasteiger partial charge in [-0.15, -0.1) is 0 Å². The largest absolute Gasteiger partial charge is 0.384 e. The van der Waals surface area contributed by atoms with Crippen molar-refractivity contribution in [3.05, 3.63) is 11.9 Å². The number of aromatic nitrogens is 2. The van der Waals surface area contributed by atoms with E-state index in [9.17, 15) is 0 Å². The van der Waals surface area contributed by atoms with Crippen LogP contribution in [0.4, 0.5) is 11.6 Å². The summed E-state index contributed by atoms with van der Waals surface area (Å²) in [5, 5.41) is 3.18. The van der Waals surface area contributed by atoms with Gasteiger partial charge in [0.25, 0.3) is 0 Å². The van der Waals surface area contributed by atoms with Crippen molar-refractivity contribution in [1.29, 1.82) is 0 Å². The summed E-state index contributed by atoms with van der Waals surface area (Å²) in [6.07, 6.45) is 0.882. The summed E-state index contributed by atoms with van der Waals surface area (Å²) in [5.41, 5.74) is 5.69. The van der Waals surface area contributed by atoms with Gasteiger partial charge in [-0.05, 0) is 6.42 Å². The molecule has 1 aromatic heterocycles. The lowest BCUT2D eigenvalue weighted by Crippen LogP contribution is -2.11. The Balaban J connectivity index is 2.25. The van der Waals surface area contributed by atoms with E-state index in [2.05, 4.69) is 15.3 Å². The van der Waals surface area contributed by atoms with E-state index in [4.69, 9.17) is 19.9 Å². The number of nitrogens with zero attached hydrogens (tertiary/aromatic N) is 2. The molecule has 0 aliphatic heterocycles. The number of nitrogens with two attached hydrogens (primary N) is 1. The van der Waals surface area contributed by atoms with E-state index in [1.807, 2.05) is 0 Å². The van der Waals surface area contributed by atoms with Crippen LogP contribution in [0.3, 0.4) is 0 Å². The quantitative estimate of drug-likeness (QED) is 0.604. The minimum absolute atomic E-state index is 0.347. The Kier molecular flexibility index (Phi) is 7.80. The number of hydrogen-bond donors (Lipinski definition) is 2. The molecule has 1 rings (SSSR count). The van der Waals surface area contributed by atoms with Crippen molar-refractivity contribution in [2.75, 3.05) is 51.6 Å². The van der Waals surface area contributed by atoms with Crippen LogP contribution in [0, 0.1) is 0 Å². The zero-order valence-electron chi connectivity index (χ0n) is 11.5. The summed E-state index contributed by atoms with van der Waals surface area (Å²) in [4.78, 5) is 8.35. The Morgan fingerprint density at radius 2 is 2.00 bits per heavy atom. The van der Waals surface area contributed by atoms with Crippen LogP contribution in [-0.2, 0) is 20.8 Å². The van der Waals surface area contributed by atoms with Crippen molar-refractivity contribution in [2.24, 2.45) is 0 Å². The van der Waals surface area contributed by atoms with Crippen LogP contribution in [0.25, 0.3) is 0 Å². The van der Waals surface area contributed by atoms with Crippen LogP contribution in [0.1, 0.15) is 12.2 Å². The summed E-state index contributed by atoms with van der Waals surface area (Å²) in [6, 6.07) is 1.70. The number of rotatable bonds is 10. The molecular weight excluding hydrogens is 248 g/mol. The molecule has 0 spiro atoms. The highest BCUT2D eigenvalue weighted by Gasteiger charge is 2.02. The highest BCUT2D eigenvalue weighted by molar-refractivity contribution is 5.44. The first kappa shape index (κ1) is 15.6. The molecule has 108 valence electrons. The molecule has 3 N–H and O–H groups in total. The molecule has 0 unspecified atom stereocenters. The van der Waals surface area contributed by atoms with Crippen LogP contribution in [0.5, 0.6) is 0 Å². The second kappa shape index (κ2) is 9.48. The molecule has 1 heterocycles. The fraction of sp³-hybridized carbons (Fsp3) is 0.667. The lowest BCUT2D eigenvalue weighted by molar-refractivity contribution is 0.0705. The van der Waals surface area contributed by atoms with E-state index >= 15 is 0 Å². The Morgan fingerprint density at radius 1 is 1.16 bits per heavy atom. The van der Waals surface area contributed by atoms with E-state index in [0.717, 1.165) is 13.0 Å². The number of methoxy groups -OCH3 is 2. The van der Waals surface area contributed by atoms with Crippen LogP contribution >= 0.6 is 0 Å². The maximum absolute atomic E-state index is 5.69. The van der Waals surface area contributed by atoms with Gasteiger partial charge in [-0.2, -0.15) is 0 Å². The normalized spacial score (nSPS) is 10.6. The molecule has 1 aromatic rings. The lowest BCUT2D eigenvalue weighted by atomic mass is 10.4. The number of nitrogens with one attached hydrogen (secondary N) is 1. The predicted octanol–water partition coefficient (Wildman–Crippen LogP) is 0.670. The fourth-order valence-corrected chi connectivity index (χ4v) is 1.44.